The van der Waals surface area contributed by atoms with Crippen LogP contribution in [0.25, 0.3) is 0 Å². The minimum atomic E-state index is 0.356. The third-order valence-electron chi connectivity index (χ3n) is 2.22. The Kier molecular flexibility index (Phi) is 7.45. The SMILES string of the molecule is CCC(CNCN)CC(C)OC. The van der Waals surface area contributed by atoms with Crippen LogP contribution < -0.4 is 11.1 Å². The van der Waals surface area contributed by atoms with Gasteiger partial charge in [0.15, 0.2) is 0 Å². The van der Waals surface area contributed by atoms with E-state index in [1.807, 2.05) is 0 Å². The third-order valence-corrected chi connectivity index (χ3v) is 2.22. The van der Waals surface area contributed by atoms with Crippen molar-refractivity contribution < 1.29 is 4.74 Å². The van der Waals surface area contributed by atoms with Gasteiger partial charge in [-0.3, -0.25) is 0 Å². The van der Waals surface area contributed by atoms with Crippen LogP contribution in [-0.2, 0) is 4.74 Å². The Hall–Kier alpha value is -0.120. The molecule has 2 atom stereocenters. The molecule has 0 rings (SSSR count). The molecule has 0 spiro atoms. The van der Waals surface area contributed by atoms with Gasteiger partial charge in [0.05, 0.1) is 6.10 Å². The molecular weight excluding hydrogens is 152 g/mol. The Morgan fingerprint density at radius 3 is 2.58 bits per heavy atom. The largest absolute Gasteiger partial charge is 0.382 e. The smallest absolute Gasteiger partial charge is 0.0546 e. The number of ether oxygens (including phenoxy) is 1. The molecule has 3 nitrogen and oxygen atoms in total. The standard InChI is InChI=1S/C9H22N2O/c1-4-9(6-11-7-10)5-8(2)12-3/h8-9,11H,4-7,10H2,1-3H3. The van der Waals surface area contributed by atoms with Crippen molar-refractivity contribution in [2.24, 2.45) is 11.7 Å². The van der Waals surface area contributed by atoms with Gasteiger partial charge in [-0.1, -0.05) is 13.3 Å². The van der Waals surface area contributed by atoms with E-state index >= 15 is 0 Å². The molecule has 12 heavy (non-hydrogen) atoms. The summed E-state index contributed by atoms with van der Waals surface area (Å²) < 4.78 is 5.20. The minimum absolute atomic E-state index is 0.356. The monoisotopic (exact) mass is 174 g/mol. The third kappa shape index (κ3) is 5.52. The molecule has 0 aliphatic carbocycles. The topological polar surface area (TPSA) is 47.3 Å². The first-order chi connectivity index (χ1) is 5.74. The Bertz CT molecular complexity index is 98.5. The summed E-state index contributed by atoms with van der Waals surface area (Å²) >= 11 is 0. The lowest BCUT2D eigenvalue weighted by atomic mass is 9.99. The normalized spacial score (nSPS) is 16.0. The van der Waals surface area contributed by atoms with E-state index in [1.165, 1.54) is 6.42 Å². The molecule has 74 valence electrons. The summed E-state index contributed by atoms with van der Waals surface area (Å²) in [7, 11) is 1.76. The Balaban J connectivity index is 3.51. The van der Waals surface area contributed by atoms with Crippen molar-refractivity contribution in [1.29, 1.82) is 0 Å². The molecule has 0 amide bonds. The number of rotatable bonds is 7. The molecule has 0 heterocycles. The zero-order valence-electron chi connectivity index (χ0n) is 8.47. The van der Waals surface area contributed by atoms with Crippen LogP contribution in [0, 0.1) is 5.92 Å². The number of hydrogen-bond acceptors (Lipinski definition) is 3. The fraction of sp³-hybridized carbons (Fsp3) is 1.00. The first-order valence-corrected chi connectivity index (χ1v) is 4.68. The molecular formula is C9H22N2O. The van der Waals surface area contributed by atoms with E-state index in [-0.39, 0.29) is 0 Å². The van der Waals surface area contributed by atoms with Gasteiger partial charge < -0.3 is 15.8 Å². The molecule has 0 saturated heterocycles. The number of nitrogens with two attached hydrogens (primary N) is 1. The highest BCUT2D eigenvalue weighted by molar-refractivity contribution is 4.63. The van der Waals surface area contributed by atoms with Crippen LogP contribution in [0.1, 0.15) is 26.7 Å². The van der Waals surface area contributed by atoms with Gasteiger partial charge in [0.1, 0.15) is 0 Å². The molecule has 3 heteroatoms. The fourth-order valence-electron chi connectivity index (χ4n) is 1.25. The van der Waals surface area contributed by atoms with Crippen LogP contribution in [-0.4, -0.2) is 26.4 Å². The molecule has 0 bridgehead atoms. The second-order valence-corrected chi connectivity index (χ2v) is 3.21. The van der Waals surface area contributed by atoms with Crippen molar-refractivity contribution in [3.63, 3.8) is 0 Å². The van der Waals surface area contributed by atoms with Crippen molar-refractivity contribution in [2.75, 3.05) is 20.3 Å². The summed E-state index contributed by atoms with van der Waals surface area (Å²) in [6.07, 6.45) is 2.65. The summed E-state index contributed by atoms with van der Waals surface area (Å²) in [4.78, 5) is 0. The predicted molar refractivity (Wildman–Crippen MR) is 51.9 cm³/mol. The molecule has 0 aliphatic heterocycles. The minimum Gasteiger partial charge on any atom is -0.382 e. The number of methoxy groups -OCH3 is 1. The van der Waals surface area contributed by atoms with Crippen LogP contribution >= 0.6 is 0 Å². The van der Waals surface area contributed by atoms with Gasteiger partial charge in [0, 0.05) is 13.8 Å². The van der Waals surface area contributed by atoms with Crippen LogP contribution in [0.3, 0.4) is 0 Å². The Morgan fingerprint density at radius 1 is 1.50 bits per heavy atom. The summed E-state index contributed by atoms with van der Waals surface area (Å²) in [5, 5.41) is 3.15. The summed E-state index contributed by atoms with van der Waals surface area (Å²) in [6.45, 7) is 5.87. The van der Waals surface area contributed by atoms with Crippen molar-refractivity contribution in [3.05, 3.63) is 0 Å². The highest BCUT2D eigenvalue weighted by atomic mass is 16.5. The van der Waals surface area contributed by atoms with Gasteiger partial charge in [0.25, 0.3) is 0 Å². The second kappa shape index (κ2) is 7.53. The fourth-order valence-corrected chi connectivity index (χ4v) is 1.25. The van der Waals surface area contributed by atoms with E-state index in [9.17, 15) is 0 Å². The first-order valence-electron chi connectivity index (χ1n) is 4.68. The molecule has 0 aliphatic rings. The van der Waals surface area contributed by atoms with Crippen LogP contribution in [0.4, 0.5) is 0 Å². The van der Waals surface area contributed by atoms with E-state index < -0.39 is 0 Å². The quantitative estimate of drug-likeness (QED) is 0.565. The lowest BCUT2D eigenvalue weighted by molar-refractivity contribution is 0.0940. The van der Waals surface area contributed by atoms with Gasteiger partial charge >= 0.3 is 0 Å². The highest BCUT2D eigenvalue weighted by Gasteiger charge is 2.09. The van der Waals surface area contributed by atoms with Gasteiger partial charge in [-0.15, -0.1) is 0 Å². The molecule has 3 N–H and O–H groups in total. The van der Waals surface area contributed by atoms with Gasteiger partial charge in [-0.25, -0.2) is 0 Å². The van der Waals surface area contributed by atoms with E-state index in [2.05, 4.69) is 19.2 Å². The summed E-state index contributed by atoms with van der Waals surface area (Å²) in [6, 6.07) is 0. The highest BCUT2D eigenvalue weighted by Crippen LogP contribution is 2.11. The molecule has 0 saturated carbocycles. The maximum Gasteiger partial charge on any atom is 0.0546 e. The molecule has 0 radical (unpaired) electrons. The van der Waals surface area contributed by atoms with Crippen LogP contribution in [0.15, 0.2) is 0 Å². The van der Waals surface area contributed by atoms with Crippen molar-refractivity contribution >= 4 is 0 Å². The van der Waals surface area contributed by atoms with Gasteiger partial charge in [-0.05, 0) is 25.8 Å². The van der Waals surface area contributed by atoms with E-state index in [1.54, 1.807) is 7.11 Å². The zero-order chi connectivity index (χ0) is 9.40. The maximum absolute atomic E-state index is 5.35. The predicted octanol–water partition coefficient (Wildman–Crippen LogP) is 0.943. The summed E-state index contributed by atoms with van der Waals surface area (Å²) in [5.41, 5.74) is 5.35. The average molecular weight is 174 g/mol. The lowest BCUT2D eigenvalue weighted by Gasteiger charge is -2.18. The van der Waals surface area contributed by atoms with Gasteiger partial charge in [-0.2, -0.15) is 0 Å². The molecule has 0 aromatic carbocycles. The molecule has 0 aromatic heterocycles. The summed E-state index contributed by atoms with van der Waals surface area (Å²) in [5.74, 6) is 0.684. The number of nitrogens with one attached hydrogen (secondary N) is 1. The second-order valence-electron chi connectivity index (χ2n) is 3.21. The van der Waals surface area contributed by atoms with Crippen LogP contribution in [0.5, 0.6) is 0 Å². The lowest BCUT2D eigenvalue weighted by Crippen LogP contribution is -2.29. The van der Waals surface area contributed by atoms with Crippen molar-refractivity contribution in [3.8, 4) is 0 Å². The molecule has 0 aromatic rings. The Morgan fingerprint density at radius 2 is 2.17 bits per heavy atom. The number of hydrogen-bond donors (Lipinski definition) is 2. The molecule has 0 fully saturated rings. The van der Waals surface area contributed by atoms with E-state index in [4.69, 9.17) is 10.5 Å². The average Bonchev–Trinajstić information content (AvgIpc) is 2.11. The maximum atomic E-state index is 5.35. The van der Waals surface area contributed by atoms with Crippen molar-refractivity contribution in [2.45, 2.75) is 32.8 Å². The molecule has 2 unspecified atom stereocenters. The van der Waals surface area contributed by atoms with Gasteiger partial charge in [0.2, 0.25) is 0 Å². The Labute approximate surface area is 75.7 Å². The first kappa shape index (κ1) is 11.9. The van der Waals surface area contributed by atoms with Crippen LogP contribution in [0.2, 0.25) is 0 Å². The van der Waals surface area contributed by atoms with E-state index in [0.29, 0.717) is 18.7 Å². The van der Waals surface area contributed by atoms with Crippen molar-refractivity contribution in [1.82, 2.24) is 5.32 Å². The zero-order valence-corrected chi connectivity index (χ0v) is 8.47. The van der Waals surface area contributed by atoms with E-state index in [0.717, 1.165) is 13.0 Å².